The Morgan fingerprint density at radius 2 is 2.21 bits per heavy atom. The van der Waals surface area contributed by atoms with Crippen molar-refractivity contribution >= 4 is 17.3 Å². The molecule has 1 aromatic rings. The van der Waals surface area contributed by atoms with Gasteiger partial charge in [-0.15, -0.1) is 0 Å². The summed E-state index contributed by atoms with van der Waals surface area (Å²) in [6.07, 6.45) is 1.21. The number of nitrogen functional groups attached to an aromatic ring is 1. The maximum absolute atomic E-state index is 11.1. The van der Waals surface area contributed by atoms with Crippen molar-refractivity contribution in [3.63, 3.8) is 0 Å². The number of nitrogens with one attached hydrogen (secondary N) is 1. The van der Waals surface area contributed by atoms with E-state index in [0.29, 0.717) is 24.3 Å². The molecule has 3 N–H and O–H groups in total. The molecular weight excluding hydrogens is 180 g/mol. The molecule has 0 unspecified atom stereocenters. The van der Waals surface area contributed by atoms with Gasteiger partial charge in [0.25, 0.3) is 0 Å². The van der Waals surface area contributed by atoms with Crippen LogP contribution in [0.15, 0.2) is 12.1 Å². The highest BCUT2D eigenvalue weighted by Crippen LogP contribution is 2.32. The van der Waals surface area contributed by atoms with Crippen molar-refractivity contribution < 1.29 is 9.53 Å². The first kappa shape index (κ1) is 8.87. The lowest BCUT2D eigenvalue weighted by Gasteiger charge is -2.19. The molecule has 4 nitrogen and oxygen atoms in total. The number of ether oxygens (including phenoxy) is 1. The van der Waals surface area contributed by atoms with Crippen LogP contribution in [-0.4, -0.2) is 13.0 Å². The number of anilines is 2. The fourth-order valence-corrected chi connectivity index (χ4v) is 1.63. The number of hydrogen-bond donors (Lipinski definition) is 2. The van der Waals surface area contributed by atoms with E-state index in [1.54, 1.807) is 19.2 Å². The van der Waals surface area contributed by atoms with Crippen LogP contribution in [-0.2, 0) is 11.2 Å². The first-order valence-corrected chi connectivity index (χ1v) is 4.47. The summed E-state index contributed by atoms with van der Waals surface area (Å²) in [5.41, 5.74) is 8.29. The van der Waals surface area contributed by atoms with Gasteiger partial charge in [-0.1, -0.05) is 0 Å². The maximum Gasteiger partial charge on any atom is 0.224 e. The van der Waals surface area contributed by atoms with E-state index in [1.165, 1.54) is 0 Å². The Morgan fingerprint density at radius 3 is 2.93 bits per heavy atom. The fraction of sp³-hybridized carbons (Fsp3) is 0.300. The second kappa shape index (κ2) is 3.21. The van der Waals surface area contributed by atoms with Crippen LogP contribution in [0.5, 0.6) is 5.75 Å². The highest BCUT2D eigenvalue weighted by Gasteiger charge is 2.17. The van der Waals surface area contributed by atoms with Crippen LogP contribution in [0, 0.1) is 0 Å². The quantitative estimate of drug-likeness (QED) is 0.656. The lowest BCUT2D eigenvalue weighted by molar-refractivity contribution is -0.116. The molecule has 0 saturated heterocycles. The summed E-state index contributed by atoms with van der Waals surface area (Å²) in [5, 5.41) is 2.78. The summed E-state index contributed by atoms with van der Waals surface area (Å²) in [6.45, 7) is 0. The Hall–Kier alpha value is -1.71. The van der Waals surface area contributed by atoms with Crippen molar-refractivity contribution in [1.29, 1.82) is 0 Å². The summed E-state index contributed by atoms with van der Waals surface area (Å²) in [7, 11) is 1.58. The number of amides is 1. The topological polar surface area (TPSA) is 64.3 Å². The number of carbonyl (C=O) groups is 1. The largest absolute Gasteiger partial charge is 0.497 e. The Balaban J connectivity index is 2.48. The average molecular weight is 192 g/mol. The van der Waals surface area contributed by atoms with Gasteiger partial charge < -0.3 is 15.8 Å². The van der Waals surface area contributed by atoms with Crippen molar-refractivity contribution in [3.8, 4) is 5.75 Å². The standard InChI is InChI=1S/C10H12N2O2/c1-14-6-4-8(11)7-2-3-10(13)12-9(7)5-6/h4-5H,2-3,11H2,1H3,(H,12,13). The zero-order chi connectivity index (χ0) is 10.1. The molecule has 4 heteroatoms. The monoisotopic (exact) mass is 192 g/mol. The lowest BCUT2D eigenvalue weighted by atomic mass is 10.0. The van der Waals surface area contributed by atoms with E-state index in [1.807, 2.05) is 0 Å². The zero-order valence-corrected chi connectivity index (χ0v) is 7.96. The normalized spacial score (nSPS) is 14.5. The molecule has 0 fully saturated rings. The molecule has 2 rings (SSSR count). The highest BCUT2D eigenvalue weighted by atomic mass is 16.5. The molecule has 1 amide bonds. The minimum Gasteiger partial charge on any atom is -0.497 e. The SMILES string of the molecule is COc1cc(N)c2c(c1)NC(=O)CC2. The third-order valence-corrected chi connectivity index (χ3v) is 2.37. The number of rotatable bonds is 1. The van der Waals surface area contributed by atoms with Crippen molar-refractivity contribution in [2.24, 2.45) is 0 Å². The van der Waals surface area contributed by atoms with Gasteiger partial charge >= 0.3 is 0 Å². The molecule has 0 spiro atoms. The van der Waals surface area contributed by atoms with Crippen LogP contribution in [0.25, 0.3) is 0 Å². The number of nitrogens with two attached hydrogens (primary N) is 1. The molecule has 0 bridgehead atoms. The van der Waals surface area contributed by atoms with Crippen LogP contribution in [0.4, 0.5) is 11.4 Å². The van der Waals surface area contributed by atoms with Crippen molar-refractivity contribution in [3.05, 3.63) is 17.7 Å². The number of fused-ring (bicyclic) bond motifs is 1. The average Bonchev–Trinajstić information content (AvgIpc) is 2.16. The van der Waals surface area contributed by atoms with Crippen molar-refractivity contribution in [2.75, 3.05) is 18.2 Å². The summed E-state index contributed by atoms with van der Waals surface area (Å²) in [4.78, 5) is 11.1. The maximum atomic E-state index is 11.1. The zero-order valence-electron chi connectivity index (χ0n) is 7.96. The molecule has 1 aliphatic heterocycles. The fourth-order valence-electron chi connectivity index (χ4n) is 1.63. The molecule has 14 heavy (non-hydrogen) atoms. The summed E-state index contributed by atoms with van der Waals surface area (Å²) < 4.78 is 5.07. The molecule has 0 aromatic heterocycles. The van der Waals surface area contributed by atoms with E-state index < -0.39 is 0 Å². The third-order valence-electron chi connectivity index (χ3n) is 2.37. The molecule has 0 atom stereocenters. The van der Waals surface area contributed by atoms with Gasteiger partial charge in [0.1, 0.15) is 5.75 Å². The number of benzene rings is 1. The van der Waals surface area contributed by atoms with E-state index in [0.717, 1.165) is 11.3 Å². The molecule has 0 saturated carbocycles. The lowest BCUT2D eigenvalue weighted by Crippen LogP contribution is -2.20. The van der Waals surface area contributed by atoms with E-state index >= 15 is 0 Å². The number of carbonyl (C=O) groups excluding carboxylic acids is 1. The van der Waals surface area contributed by atoms with E-state index in [9.17, 15) is 4.79 Å². The van der Waals surface area contributed by atoms with Crippen molar-refractivity contribution in [1.82, 2.24) is 0 Å². The van der Waals surface area contributed by atoms with Gasteiger partial charge in [0.05, 0.1) is 7.11 Å². The Bertz CT molecular complexity index is 388. The number of methoxy groups -OCH3 is 1. The van der Waals surface area contributed by atoms with Gasteiger partial charge in [-0.2, -0.15) is 0 Å². The molecular formula is C10H12N2O2. The first-order chi connectivity index (χ1) is 6.70. The van der Waals surface area contributed by atoms with E-state index in [-0.39, 0.29) is 5.91 Å². The second-order valence-corrected chi connectivity index (χ2v) is 3.29. The summed E-state index contributed by atoms with van der Waals surface area (Å²) in [6, 6.07) is 3.57. The predicted octanol–water partition coefficient (Wildman–Crippen LogP) is 1.16. The molecule has 0 radical (unpaired) electrons. The molecule has 1 aromatic carbocycles. The first-order valence-electron chi connectivity index (χ1n) is 4.47. The van der Waals surface area contributed by atoms with Crippen LogP contribution >= 0.6 is 0 Å². The van der Waals surface area contributed by atoms with Gasteiger partial charge in [0.2, 0.25) is 5.91 Å². The summed E-state index contributed by atoms with van der Waals surface area (Å²) >= 11 is 0. The molecule has 1 aliphatic rings. The van der Waals surface area contributed by atoms with Crippen LogP contribution in [0.2, 0.25) is 0 Å². The van der Waals surface area contributed by atoms with Crippen LogP contribution < -0.4 is 15.8 Å². The van der Waals surface area contributed by atoms with E-state index in [4.69, 9.17) is 10.5 Å². The van der Waals surface area contributed by atoms with Crippen molar-refractivity contribution in [2.45, 2.75) is 12.8 Å². The van der Waals surface area contributed by atoms with Gasteiger partial charge in [-0.25, -0.2) is 0 Å². The smallest absolute Gasteiger partial charge is 0.224 e. The van der Waals surface area contributed by atoms with Crippen LogP contribution in [0.1, 0.15) is 12.0 Å². The van der Waals surface area contributed by atoms with Gasteiger partial charge in [0.15, 0.2) is 0 Å². The van der Waals surface area contributed by atoms with Gasteiger partial charge in [-0.3, -0.25) is 4.79 Å². The summed E-state index contributed by atoms with van der Waals surface area (Å²) in [5.74, 6) is 0.702. The Kier molecular flexibility index (Phi) is 2.04. The predicted molar refractivity (Wildman–Crippen MR) is 54.4 cm³/mol. The molecule has 0 aliphatic carbocycles. The highest BCUT2D eigenvalue weighted by molar-refractivity contribution is 5.95. The minimum atomic E-state index is 0.0325. The molecule has 1 heterocycles. The minimum absolute atomic E-state index is 0.0325. The second-order valence-electron chi connectivity index (χ2n) is 3.29. The number of hydrogen-bond acceptors (Lipinski definition) is 3. The Labute approximate surface area is 82.1 Å². The third kappa shape index (κ3) is 1.39. The van der Waals surface area contributed by atoms with Crippen LogP contribution in [0.3, 0.4) is 0 Å². The van der Waals surface area contributed by atoms with Gasteiger partial charge in [0, 0.05) is 29.9 Å². The molecule has 74 valence electrons. The Morgan fingerprint density at radius 1 is 1.43 bits per heavy atom. The van der Waals surface area contributed by atoms with Gasteiger partial charge in [-0.05, 0) is 12.0 Å². The van der Waals surface area contributed by atoms with E-state index in [2.05, 4.69) is 5.32 Å².